The summed E-state index contributed by atoms with van der Waals surface area (Å²) in [7, 11) is 0. The van der Waals surface area contributed by atoms with Crippen molar-refractivity contribution in [3.05, 3.63) is 150 Å². The Balaban J connectivity index is 1.29. The zero-order valence-electron chi connectivity index (χ0n) is 23.4. The molecule has 2 nitrogen and oxygen atoms in total. The second-order valence-electron chi connectivity index (χ2n) is 11.7. The number of fused-ring (bicyclic) bond motifs is 8. The molecule has 8 aromatic carbocycles. The molecular formula is C41H24O2. The van der Waals surface area contributed by atoms with E-state index in [2.05, 4.69) is 91.0 Å². The van der Waals surface area contributed by atoms with Crippen LogP contribution in [0.1, 0.15) is 33.2 Å². The molecule has 0 radical (unpaired) electrons. The SMILES string of the molecule is CC1=C(c2cccc3cc4cc5ccc6cc7cc8ccccc8cc7cc6c5cc4cc23)C(=O)c2ccccc2C1=O. The minimum atomic E-state index is -0.0933. The van der Waals surface area contributed by atoms with Crippen molar-refractivity contribution < 1.29 is 9.59 Å². The highest BCUT2D eigenvalue weighted by molar-refractivity contribution is 6.41. The molecule has 0 saturated carbocycles. The minimum Gasteiger partial charge on any atom is -0.289 e. The fourth-order valence-electron chi connectivity index (χ4n) is 7.07. The topological polar surface area (TPSA) is 34.1 Å². The molecule has 0 unspecified atom stereocenters. The largest absolute Gasteiger partial charge is 0.289 e. The second kappa shape index (κ2) is 8.70. The van der Waals surface area contributed by atoms with Crippen molar-refractivity contribution in [1.82, 2.24) is 0 Å². The molecular weight excluding hydrogens is 524 g/mol. The van der Waals surface area contributed by atoms with Crippen LogP contribution in [0.5, 0.6) is 0 Å². The van der Waals surface area contributed by atoms with Crippen LogP contribution in [-0.2, 0) is 0 Å². The molecule has 0 saturated heterocycles. The lowest BCUT2D eigenvalue weighted by atomic mass is 9.80. The minimum absolute atomic E-state index is 0.0829. The molecule has 0 heterocycles. The Kier molecular flexibility index (Phi) is 4.87. The number of Topliss-reactive ketones (excluding diaryl/α,β-unsaturated/α-hetero) is 2. The van der Waals surface area contributed by atoms with E-state index in [1.54, 1.807) is 19.1 Å². The maximum atomic E-state index is 13.8. The monoisotopic (exact) mass is 548 g/mol. The first kappa shape index (κ1) is 24.0. The summed E-state index contributed by atoms with van der Waals surface area (Å²) in [4.78, 5) is 27.1. The molecule has 2 heteroatoms. The van der Waals surface area contributed by atoms with Gasteiger partial charge in [0.1, 0.15) is 0 Å². The summed E-state index contributed by atoms with van der Waals surface area (Å²) in [5.74, 6) is -0.176. The van der Waals surface area contributed by atoms with Crippen LogP contribution in [0.3, 0.4) is 0 Å². The van der Waals surface area contributed by atoms with Crippen LogP contribution in [-0.4, -0.2) is 11.6 Å². The van der Waals surface area contributed by atoms with Gasteiger partial charge >= 0.3 is 0 Å². The summed E-state index contributed by atoms with van der Waals surface area (Å²) in [5, 5.41) is 14.0. The first-order valence-electron chi connectivity index (χ1n) is 14.6. The Morgan fingerprint density at radius 1 is 0.349 bits per heavy atom. The number of hydrogen-bond acceptors (Lipinski definition) is 2. The van der Waals surface area contributed by atoms with Gasteiger partial charge in [0.25, 0.3) is 0 Å². The van der Waals surface area contributed by atoms with E-state index in [9.17, 15) is 9.59 Å². The second-order valence-corrected chi connectivity index (χ2v) is 11.7. The van der Waals surface area contributed by atoms with E-state index in [-0.39, 0.29) is 11.6 Å². The highest BCUT2D eigenvalue weighted by Gasteiger charge is 2.31. The molecule has 0 N–H and O–H groups in total. The molecule has 1 aliphatic rings. The molecule has 200 valence electrons. The predicted molar refractivity (Wildman–Crippen MR) is 179 cm³/mol. The number of benzene rings is 8. The first-order chi connectivity index (χ1) is 21.0. The van der Waals surface area contributed by atoms with Crippen molar-refractivity contribution in [2.75, 3.05) is 0 Å². The van der Waals surface area contributed by atoms with Gasteiger partial charge in [-0.15, -0.1) is 0 Å². The highest BCUT2D eigenvalue weighted by Crippen LogP contribution is 2.39. The molecule has 0 bridgehead atoms. The van der Waals surface area contributed by atoms with Crippen molar-refractivity contribution in [1.29, 1.82) is 0 Å². The number of hydrogen-bond donors (Lipinski definition) is 0. The molecule has 43 heavy (non-hydrogen) atoms. The average molecular weight is 549 g/mol. The lowest BCUT2D eigenvalue weighted by Crippen LogP contribution is -2.20. The number of ketones is 2. The van der Waals surface area contributed by atoms with Crippen LogP contribution in [0, 0.1) is 0 Å². The highest BCUT2D eigenvalue weighted by atomic mass is 16.1. The van der Waals surface area contributed by atoms with Crippen molar-refractivity contribution in [3.8, 4) is 0 Å². The van der Waals surface area contributed by atoms with Gasteiger partial charge in [-0.2, -0.15) is 0 Å². The Bertz CT molecular complexity index is 2600. The third-order valence-electron chi connectivity index (χ3n) is 9.24. The van der Waals surface area contributed by atoms with E-state index in [1.165, 1.54) is 43.1 Å². The Morgan fingerprint density at radius 3 is 1.40 bits per heavy atom. The number of carbonyl (C=O) groups excluding carboxylic acids is 2. The molecule has 0 spiro atoms. The molecule has 0 atom stereocenters. The molecule has 1 aliphatic carbocycles. The van der Waals surface area contributed by atoms with Gasteiger partial charge in [0, 0.05) is 22.3 Å². The Morgan fingerprint density at radius 2 is 0.767 bits per heavy atom. The maximum absolute atomic E-state index is 13.8. The number of allylic oxidation sites excluding steroid dienone is 2. The van der Waals surface area contributed by atoms with Crippen LogP contribution in [0.4, 0.5) is 0 Å². The van der Waals surface area contributed by atoms with Gasteiger partial charge in [-0.05, 0) is 126 Å². The van der Waals surface area contributed by atoms with E-state index in [4.69, 9.17) is 0 Å². The lowest BCUT2D eigenvalue weighted by Gasteiger charge is -2.20. The molecule has 0 aliphatic heterocycles. The number of rotatable bonds is 1. The van der Waals surface area contributed by atoms with Crippen LogP contribution in [0.15, 0.2) is 133 Å². The lowest BCUT2D eigenvalue weighted by molar-refractivity contribution is 0.0992. The molecule has 0 amide bonds. The van der Waals surface area contributed by atoms with Crippen LogP contribution in [0.25, 0.3) is 70.2 Å². The normalized spacial score (nSPS) is 13.7. The zero-order chi connectivity index (χ0) is 28.8. The van der Waals surface area contributed by atoms with E-state index >= 15 is 0 Å². The first-order valence-corrected chi connectivity index (χ1v) is 14.6. The number of carbonyl (C=O) groups is 2. The van der Waals surface area contributed by atoms with Crippen molar-refractivity contribution in [3.63, 3.8) is 0 Å². The molecule has 0 aromatic heterocycles. The predicted octanol–water partition coefficient (Wildman–Crippen LogP) is 10.5. The fraction of sp³-hybridized carbons (Fsp3) is 0.0244. The van der Waals surface area contributed by atoms with Crippen LogP contribution >= 0.6 is 0 Å². The summed E-state index contributed by atoms with van der Waals surface area (Å²) in [6, 6.07) is 44.2. The van der Waals surface area contributed by atoms with E-state index in [0.29, 0.717) is 22.3 Å². The van der Waals surface area contributed by atoms with E-state index < -0.39 is 0 Å². The van der Waals surface area contributed by atoms with E-state index in [1.807, 2.05) is 24.3 Å². The van der Waals surface area contributed by atoms with Crippen LogP contribution in [0.2, 0.25) is 0 Å². The third-order valence-corrected chi connectivity index (χ3v) is 9.24. The average Bonchev–Trinajstić information content (AvgIpc) is 3.04. The van der Waals surface area contributed by atoms with Gasteiger partial charge in [0.15, 0.2) is 11.6 Å². The molecule has 9 rings (SSSR count). The van der Waals surface area contributed by atoms with Crippen molar-refractivity contribution >= 4 is 81.8 Å². The van der Waals surface area contributed by atoms with Crippen LogP contribution < -0.4 is 0 Å². The van der Waals surface area contributed by atoms with Gasteiger partial charge in [0.05, 0.1) is 0 Å². The summed E-state index contributed by atoms with van der Waals surface area (Å²) < 4.78 is 0. The summed E-state index contributed by atoms with van der Waals surface area (Å²) in [6.07, 6.45) is 0. The van der Waals surface area contributed by atoms with Gasteiger partial charge in [-0.1, -0.05) is 78.9 Å². The van der Waals surface area contributed by atoms with E-state index in [0.717, 1.165) is 27.1 Å². The van der Waals surface area contributed by atoms with Gasteiger partial charge in [-0.3, -0.25) is 9.59 Å². The maximum Gasteiger partial charge on any atom is 0.194 e. The summed E-state index contributed by atoms with van der Waals surface area (Å²) in [5.41, 5.74) is 2.76. The Labute approximate surface area is 247 Å². The smallest absolute Gasteiger partial charge is 0.194 e. The molecule has 8 aromatic rings. The van der Waals surface area contributed by atoms with Crippen molar-refractivity contribution in [2.45, 2.75) is 6.92 Å². The fourth-order valence-corrected chi connectivity index (χ4v) is 7.07. The van der Waals surface area contributed by atoms with Gasteiger partial charge in [-0.25, -0.2) is 0 Å². The Hall–Kier alpha value is -5.60. The van der Waals surface area contributed by atoms with Gasteiger partial charge in [0.2, 0.25) is 0 Å². The van der Waals surface area contributed by atoms with Gasteiger partial charge < -0.3 is 0 Å². The zero-order valence-corrected chi connectivity index (χ0v) is 23.4. The molecule has 0 fully saturated rings. The summed E-state index contributed by atoms with van der Waals surface area (Å²) in [6.45, 7) is 1.78. The summed E-state index contributed by atoms with van der Waals surface area (Å²) >= 11 is 0. The third kappa shape index (κ3) is 3.47. The standard InChI is InChI=1S/C41H24O2/c1-23-39(41(43)35-11-5-4-10-34(35)40(23)42)33-12-6-9-26-17-30-19-28-14-13-27-18-29-15-24-7-2-3-8-25(24)16-31(29)20-37(27)38(28)22-32(30)21-36(26)33/h2-22H,1H3. The van der Waals surface area contributed by atoms with Crippen molar-refractivity contribution in [2.24, 2.45) is 0 Å². The quantitative estimate of drug-likeness (QED) is 0.151.